The number of hydrogen-bond acceptors (Lipinski definition) is 5. The molecule has 2 rings (SSSR count). The van der Waals surface area contributed by atoms with Crippen molar-refractivity contribution >= 4 is 11.9 Å². The third kappa shape index (κ3) is 4.75. The summed E-state index contributed by atoms with van der Waals surface area (Å²) in [6.07, 6.45) is 1.64. The minimum atomic E-state index is -0.882. The van der Waals surface area contributed by atoms with E-state index in [9.17, 15) is 14.7 Å². The summed E-state index contributed by atoms with van der Waals surface area (Å²) in [5, 5.41) is 20.6. The molecule has 4 N–H and O–H groups in total. The second-order valence-corrected chi connectivity index (χ2v) is 5.89. The Labute approximate surface area is 135 Å². The molecule has 0 saturated heterocycles. The molecule has 0 aliphatic carbocycles. The number of benzene rings is 1. The number of nitrogens with one attached hydrogen (secondary N) is 2. The van der Waals surface area contributed by atoms with Crippen LogP contribution in [0.1, 0.15) is 34.8 Å². The number of nitrogens with zero attached hydrogens (tertiary/aromatic N) is 1. The van der Waals surface area contributed by atoms with E-state index in [1.807, 2.05) is 18.5 Å². The van der Waals surface area contributed by atoms with E-state index in [1.165, 1.54) is 0 Å². The van der Waals surface area contributed by atoms with E-state index >= 15 is 0 Å². The van der Waals surface area contributed by atoms with Gasteiger partial charge in [-0.3, -0.25) is 9.69 Å². The molecule has 1 atom stereocenters. The van der Waals surface area contributed by atoms with Gasteiger partial charge in [0, 0.05) is 19.1 Å². The van der Waals surface area contributed by atoms with E-state index in [1.54, 1.807) is 12.1 Å². The lowest BCUT2D eigenvalue weighted by Gasteiger charge is -2.25. The zero-order chi connectivity index (χ0) is 16.8. The van der Waals surface area contributed by atoms with E-state index < -0.39 is 5.97 Å². The lowest BCUT2D eigenvalue weighted by Crippen LogP contribution is -2.44. The number of rotatable bonds is 6. The van der Waals surface area contributed by atoms with Crippen molar-refractivity contribution in [3.8, 4) is 0 Å². The quantitative estimate of drug-likeness (QED) is 0.573. The van der Waals surface area contributed by atoms with E-state index in [2.05, 4.69) is 10.2 Å². The summed E-state index contributed by atoms with van der Waals surface area (Å²) < 4.78 is 0. The average molecular weight is 321 g/mol. The van der Waals surface area contributed by atoms with Gasteiger partial charge in [-0.25, -0.2) is 4.79 Å². The van der Waals surface area contributed by atoms with Crippen molar-refractivity contribution in [2.45, 2.75) is 32.4 Å². The van der Waals surface area contributed by atoms with Gasteiger partial charge in [0.05, 0.1) is 12.1 Å². The standard InChI is InChI=1S/C16H23N3O4/c1-11(18-15(20)8-17-23)9-19-7-3-6-13-12(10-19)4-2-5-14(13)16(21)22/h2,4-5,11,17,23H,3,6-10H2,1H3,(H,18,20)(H,21,22)/t11-/m0/s1. The monoisotopic (exact) mass is 321 g/mol. The Morgan fingerprint density at radius 2 is 2.17 bits per heavy atom. The molecule has 0 fully saturated rings. The molecule has 1 heterocycles. The molecule has 0 spiro atoms. The first-order valence-electron chi connectivity index (χ1n) is 7.74. The molecule has 0 radical (unpaired) electrons. The number of hydroxylamine groups is 1. The molecule has 1 amide bonds. The highest BCUT2D eigenvalue weighted by Crippen LogP contribution is 2.22. The number of carbonyl (C=O) groups excluding carboxylic acids is 1. The Morgan fingerprint density at radius 3 is 2.87 bits per heavy atom. The number of hydrogen-bond donors (Lipinski definition) is 4. The number of aromatic carboxylic acids is 1. The van der Waals surface area contributed by atoms with Crippen LogP contribution in [-0.2, 0) is 17.8 Å². The Balaban J connectivity index is 2.03. The van der Waals surface area contributed by atoms with Gasteiger partial charge < -0.3 is 15.6 Å². The molecule has 7 heteroatoms. The lowest BCUT2D eigenvalue weighted by atomic mass is 9.98. The summed E-state index contributed by atoms with van der Waals surface area (Å²) in [4.78, 5) is 25.0. The Morgan fingerprint density at radius 1 is 1.39 bits per heavy atom. The molecule has 7 nitrogen and oxygen atoms in total. The number of amides is 1. The van der Waals surface area contributed by atoms with Crippen LogP contribution in [0.25, 0.3) is 0 Å². The predicted molar refractivity (Wildman–Crippen MR) is 84.4 cm³/mol. The van der Waals surface area contributed by atoms with E-state index in [-0.39, 0.29) is 18.5 Å². The molecule has 0 aromatic heterocycles. The van der Waals surface area contributed by atoms with Crippen LogP contribution in [0.15, 0.2) is 18.2 Å². The van der Waals surface area contributed by atoms with Gasteiger partial charge in [0.2, 0.25) is 5.91 Å². The van der Waals surface area contributed by atoms with Crippen LogP contribution in [0.4, 0.5) is 0 Å². The molecular weight excluding hydrogens is 298 g/mol. The zero-order valence-electron chi connectivity index (χ0n) is 13.2. The van der Waals surface area contributed by atoms with E-state index in [0.29, 0.717) is 18.7 Å². The van der Waals surface area contributed by atoms with Crippen molar-refractivity contribution in [1.29, 1.82) is 0 Å². The summed E-state index contributed by atoms with van der Waals surface area (Å²) in [5.41, 5.74) is 4.18. The van der Waals surface area contributed by atoms with Crippen molar-refractivity contribution in [1.82, 2.24) is 15.7 Å². The predicted octanol–water partition coefficient (Wildman–Crippen LogP) is 0.617. The maximum Gasteiger partial charge on any atom is 0.335 e. The molecule has 0 bridgehead atoms. The highest BCUT2D eigenvalue weighted by molar-refractivity contribution is 5.89. The smallest absolute Gasteiger partial charge is 0.335 e. The average Bonchev–Trinajstić information content (AvgIpc) is 2.68. The topological polar surface area (TPSA) is 102 Å². The highest BCUT2D eigenvalue weighted by Gasteiger charge is 2.20. The fraction of sp³-hybridized carbons (Fsp3) is 0.500. The maximum absolute atomic E-state index is 11.5. The van der Waals surface area contributed by atoms with Crippen LogP contribution in [0.5, 0.6) is 0 Å². The summed E-state index contributed by atoms with van der Waals surface area (Å²) in [7, 11) is 0. The van der Waals surface area contributed by atoms with Gasteiger partial charge in [-0.2, -0.15) is 5.48 Å². The minimum Gasteiger partial charge on any atom is -0.478 e. The van der Waals surface area contributed by atoms with Gasteiger partial charge in [0.25, 0.3) is 0 Å². The van der Waals surface area contributed by atoms with Crippen molar-refractivity contribution in [2.24, 2.45) is 0 Å². The van der Waals surface area contributed by atoms with Crippen LogP contribution < -0.4 is 10.8 Å². The minimum absolute atomic E-state index is 0.0555. The number of carbonyl (C=O) groups is 2. The first-order valence-corrected chi connectivity index (χ1v) is 7.74. The van der Waals surface area contributed by atoms with Crippen LogP contribution >= 0.6 is 0 Å². The van der Waals surface area contributed by atoms with Crippen molar-refractivity contribution < 1.29 is 19.9 Å². The van der Waals surface area contributed by atoms with Gasteiger partial charge in [-0.15, -0.1) is 0 Å². The normalized spacial score (nSPS) is 16.3. The Hall–Kier alpha value is -1.96. The number of fused-ring (bicyclic) bond motifs is 1. The molecule has 23 heavy (non-hydrogen) atoms. The summed E-state index contributed by atoms with van der Waals surface area (Å²) in [6, 6.07) is 5.35. The fourth-order valence-corrected chi connectivity index (χ4v) is 3.06. The van der Waals surface area contributed by atoms with Crippen molar-refractivity contribution in [2.75, 3.05) is 19.6 Å². The van der Waals surface area contributed by atoms with Crippen LogP contribution in [0.2, 0.25) is 0 Å². The zero-order valence-corrected chi connectivity index (χ0v) is 13.2. The SMILES string of the molecule is C[C@@H](CN1CCCc2c(cccc2C(=O)O)C1)NC(=O)CNO. The molecule has 1 aliphatic rings. The molecule has 1 aromatic carbocycles. The van der Waals surface area contributed by atoms with Gasteiger partial charge in [-0.05, 0) is 43.5 Å². The summed E-state index contributed by atoms with van der Waals surface area (Å²) >= 11 is 0. The van der Waals surface area contributed by atoms with Gasteiger partial charge in [-0.1, -0.05) is 12.1 Å². The molecule has 1 aliphatic heterocycles. The molecule has 126 valence electrons. The van der Waals surface area contributed by atoms with Crippen LogP contribution in [-0.4, -0.2) is 52.8 Å². The number of carboxylic acids is 1. The van der Waals surface area contributed by atoms with Crippen molar-refractivity contribution in [3.05, 3.63) is 34.9 Å². The van der Waals surface area contributed by atoms with Gasteiger partial charge in [0.15, 0.2) is 0 Å². The summed E-state index contributed by atoms with van der Waals surface area (Å²) in [5.74, 6) is -1.14. The third-order valence-corrected chi connectivity index (χ3v) is 3.98. The van der Waals surface area contributed by atoms with Gasteiger partial charge >= 0.3 is 5.97 Å². The van der Waals surface area contributed by atoms with Crippen molar-refractivity contribution in [3.63, 3.8) is 0 Å². The second kappa shape index (κ2) is 8.05. The highest BCUT2D eigenvalue weighted by atomic mass is 16.5. The molecule has 0 unspecified atom stereocenters. The largest absolute Gasteiger partial charge is 0.478 e. The van der Waals surface area contributed by atoms with Crippen LogP contribution in [0.3, 0.4) is 0 Å². The lowest BCUT2D eigenvalue weighted by molar-refractivity contribution is -0.122. The summed E-state index contributed by atoms with van der Waals surface area (Å²) in [6.45, 7) is 3.99. The van der Waals surface area contributed by atoms with E-state index in [4.69, 9.17) is 5.21 Å². The maximum atomic E-state index is 11.5. The molecule has 0 saturated carbocycles. The molecule has 1 aromatic rings. The van der Waals surface area contributed by atoms with Crippen LogP contribution in [0, 0.1) is 0 Å². The third-order valence-electron chi connectivity index (χ3n) is 3.98. The Bertz CT molecular complexity index is 576. The van der Waals surface area contributed by atoms with E-state index in [0.717, 1.165) is 30.5 Å². The second-order valence-electron chi connectivity index (χ2n) is 5.89. The number of carboxylic acid groups (broad SMARTS) is 1. The molecular formula is C16H23N3O4. The van der Waals surface area contributed by atoms with Gasteiger partial charge in [0.1, 0.15) is 0 Å². The fourth-order valence-electron chi connectivity index (χ4n) is 3.06. The first kappa shape index (κ1) is 17.4. The first-order chi connectivity index (χ1) is 11.0. The Kier molecular flexibility index (Phi) is 6.09.